The summed E-state index contributed by atoms with van der Waals surface area (Å²) in [5, 5.41) is 0.682. The Labute approximate surface area is 219 Å². The second-order valence-corrected chi connectivity index (χ2v) is 9.26. The Kier molecular flexibility index (Phi) is 7.59. The zero-order valence-corrected chi connectivity index (χ0v) is 20.9. The summed E-state index contributed by atoms with van der Waals surface area (Å²) >= 11 is 0. The predicted molar refractivity (Wildman–Crippen MR) is 135 cm³/mol. The lowest BCUT2D eigenvalue weighted by atomic mass is 9.96. The molecule has 0 saturated heterocycles. The van der Waals surface area contributed by atoms with Crippen molar-refractivity contribution in [3.05, 3.63) is 105 Å². The molecule has 0 saturated carbocycles. The zero-order valence-electron chi connectivity index (χ0n) is 20.9. The largest absolute Gasteiger partial charge is 0.416 e. The van der Waals surface area contributed by atoms with Gasteiger partial charge in [0.15, 0.2) is 13.3 Å². The third-order valence-electron chi connectivity index (χ3n) is 6.28. The van der Waals surface area contributed by atoms with Crippen LogP contribution in [-0.4, -0.2) is 31.2 Å². The fraction of sp³-hybridized carbons (Fsp3) is 0.241. The van der Waals surface area contributed by atoms with E-state index in [-0.39, 0.29) is 16.7 Å². The molecule has 1 aromatic heterocycles. The van der Waals surface area contributed by atoms with Gasteiger partial charge in [-0.25, -0.2) is 13.6 Å². The van der Waals surface area contributed by atoms with Crippen LogP contribution in [0.3, 0.4) is 0 Å². The Balaban J connectivity index is 1.82. The van der Waals surface area contributed by atoms with Crippen LogP contribution in [0.2, 0.25) is 0 Å². The van der Waals surface area contributed by atoms with Gasteiger partial charge >= 0.3 is 17.5 Å². The smallest absolute Gasteiger partial charge is 0.344 e. The van der Waals surface area contributed by atoms with Crippen LogP contribution in [-0.2, 0) is 18.4 Å². The molecule has 0 atom stereocenters. The maximum Gasteiger partial charge on any atom is 0.344 e. The second kappa shape index (κ2) is 10.6. The molecular weight excluding hydrogens is 524 g/mol. The van der Waals surface area contributed by atoms with E-state index in [0.717, 1.165) is 22.6 Å². The van der Waals surface area contributed by atoms with Gasteiger partial charge in [0.1, 0.15) is 0 Å². The van der Waals surface area contributed by atoms with E-state index in [1.807, 2.05) is 0 Å². The number of aryl methyl sites for hydroxylation is 1. The van der Waals surface area contributed by atoms with Gasteiger partial charge < -0.3 is 9.32 Å². The highest BCUT2D eigenvalue weighted by Crippen LogP contribution is 2.36. The molecule has 1 amide bonds. The van der Waals surface area contributed by atoms with E-state index in [1.165, 1.54) is 7.05 Å². The van der Waals surface area contributed by atoms with E-state index >= 15 is 0 Å². The Morgan fingerprint density at radius 1 is 0.846 bits per heavy atom. The van der Waals surface area contributed by atoms with Gasteiger partial charge in [0, 0.05) is 35.7 Å². The second-order valence-electron chi connectivity index (χ2n) is 9.26. The number of carbonyl (C=O) groups excluding carboxylic acids is 1. The van der Waals surface area contributed by atoms with Gasteiger partial charge in [-0.2, -0.15) is 17.6 Å². The highest BCUT2D eigenvalue weighted by molar-refractivity contribution is 6.07. The molecule has 1 heterocycles. The van der Waals surface area contributed by atoms with E-state index in [4.69, 9.17) is 4.42 Å². The fourth-order valence-electron chi connectivity index (χ4n) is 4.28. The number of halogens is 6. The van der Waals surface area contributed by atoms with Gasteiger partial charge in [0.2, 0.25) is 5.76 Å². The summed E-state index contributed by atoms with van der Waals surface area (Å²) in [7, 11) is 1.25. The summed E-state index contributed by atoms with van der Waals surface area (Å²) in [5.41, 5.74) is -1.48. The molecule has 39 heavy (non-hydrogen) atoms. The highest BCUT2D eigenvalue weighted by Gasteiger charge is 2.37. The molecule has 0 N–H and O–H groups in total. The summed E-state index contributed by atoms with van der Waals surface area (Å²) in [6.07, 6.45) is 0. The molecule has 0 aliphatic rings. The number of rotatable bonds is 8. The van der Waals surface area contributed by atoms with Gasteiger partial charge in [-0.05, 0) is 42.3 Å². The van der Waals surface area contributed by atoms with E-state index < -0.39 is 54.4 Å². The van der Waals surface area contributed by atoms with Crippen molar-refractivity contribution >= 4 is 16.7 Å². The van der Waals surface area contributed by atoms with Crippen LogP contribution in [0, 0.1) is 6.92 Å². The molecule has 0 bridgehead atoms. The number of carbonyl (C=O) groups is 1. The van der Waals surface area contributed by atoms with Crippen molar-refractivity contribution in [3.63, 3.8) is 0 Å². The monoisotopic (exact) mass is 547 g/mol. The molecule has 0 unspecified atom stereocenters. The minimum absolute atomic E-state index is 0.222. The molecule has 10 heteroatoms. The van der Waals surface area contributed by atoms with Crippen LogP contribution in [0.25, 0.3) is 21.9 Å². The van der Waals surface area contributed by atoms with Gasteiger partial charge in [-0.1, -0.05) is 48.0 Å². The van der Waals surface area contributed by atoms with Crippen LogP contribution in [0.4, 0.5) is 26.3 Å². The molecule has 0 fully saturated rings. The molecule has 0 aliphatic heterocycles. The normalized spacial score (nSPS) is 12.1. The van der Waals surface area contributed by atoms with Gasteiger partial charge in [0.25, 0.3) is 5.91 Å². The third-order valence-corrected chi connectivity index (χ3v) is 6.28. The van der Waals surface area contributed by atoms with Crippen molar-refractivity contribution in [1.82, 2.24) is 4.90 Å². The molecule has 4 rings (SSSR count). The van der Waals surface area contributed by atoms with Crippen LogP contribution < -0.4 is 5.63 Å². The van der Waals surface area contributed by atoms with Crippen molar-refractivity contribution in [3.8, 4) is 11.1 Å². The third kappa shape index (κ3) is 5.55. The summed E-state index contributed by atoms with van der Waals surface area (Å²) in [5.74, 6) is -9.39. The highest BCUT2D eigenvalue weighted by atomic mass is 19.3. The molecule has 4 nitrogen and oxygen atoms in total. The average Bonchev–Trinajstić information content (AvgIpc) is 2.92. The fourth-order valence-corrected chi connectivity index (χ4v) is 4.28. The van der Waals surface area contributed by atoms with Crippen molar-refractivity contribution in [1.29, 1.82) is 0 Å². The molecule has 0 aliphatic carbocycles. The topological polar surface area (TPSA) is 50.5 Å². The van der Waals surface area contributed by atoms with Crippen LogP contribution in [0.5, 0.6) is 0 Å². The number of nitrogens with zero attached hydrogens (tertiary/aromatic N) is 1. The Bertz CT molecular complexity index is 1550. The van der Waals surface area contributed by atoms with Gasteiger partial charge in [-0.3, -0.25) is 4.79 Å². The summed E-state index contributed by atoms with van der Waals surface area (Å²) in [6.45, 7) is -3.02. The molecule has 3 aromatic carbocycles. The maximum absolute atomic E-state index is 14.1. The van der Waals surface area contributed by atoms with E-state index in [2.05, 4.69) is 0 Å². The quantitative estimate of drug-likeness (QED) is 0.220. The first-order valence-electron chi connectivity index (χ1n) is 11.8. The van der Waals surface area contributed by atoms with Gasteiger partial charge in [0.05, 0.1) is 5.39 Å². The van der Waals surface area contributed by atoms with E-state index in [1.54, 1.807) is 55.5 Å². The van der Waals surface area contributed by atoms with Gasteiger partial charge in [-0.15, -0.1) is 0 Å². The Morgan fingerprint density at radius 3 is 2.00 bits per heavy atom. The minimum atomic E-state index is -4.11. The summed E-state index contributed by atoms with van der Waals surface area (Å²) in [6, 6.07) is 15.5. The van der Waals surface area contributed by atoms with Crippen molar-refractivity contribution in [2.45, 2.75) is 25.3 Å². The van der Waals surface area contributed by atoms with Crippen molar-refractivity contribution < 1.29 is 35.6 Å². The first kappa shape index (κ1) is 27.9. The lowest BCUT2D eigenvalue weighted by Crippen LogP contribution is -2.28. The minimum Gasteiger partial charge on any atom is -0.416 e. The Hall–Kier alpha value is -4.08. The lowest BCUT2D eigenvalue weighted by Gasteiger charge is -2.22. The Morgan fingerprint density at radius 2 is 1.44 bits per heavy atom. The number of amides is 1. The van der Waals surface area contributed by atoms with Crippen LogP contribution in [0.1, 0.15) is 32.8 Å². The molecular formula is C29H23F6NO3. The van der Waals surface area contributed by atoms with Crippen LogP contribution in [0.15, 0.2) is 75.9 Å². The van der Waals surface area contributed by atoms with Crippen molar-refractivity contribution in [2.24, 2.45) is 0 Å². The maximum atomic E-state index is 14.1. The number of fused-ring (bicyclic) bond motifs is 1. The standard InChI is InChI=1S/C29H23F6NO3/c1-17-8-9-22-23(10-17)24(19-6-4-3-5-7-19)25(39-27(22)38)26(37)36(2)14-18-11-20(28(32,33)15-30)13-21(12-18)29(34,35)16-31/h3-13H,14-16H2,1-2H3. The summed E-state index contributed by atoms with van der Waals surface area (Å²) < 4.78 is 87.9. The number of alkyl halides is 6. The average molecular weight is 547 g/mol. The first-order valence-corrected chi connectivity index (χ1v) is 11.8. The predicted octanol–water partition coefficient (Wildman–Crippen LogP) is 7.16. The van der Waals surface area contributed by atoms with E-state index in [0.29, 0.717) is 22.6 Å². The number of hydrogen-bond acceptors (Lipinski definition) is 3. The molecule has 0 radical (unpaired) electrons. The number of benzene rings is 3. The first-order chi connectivity index (χ1) is 18.4. The molecule has 204 valence electrons. The molecule has 4 aromatic rings. The van der Waals surface area contributed by atoms with E-state index in [9.17, 15) is 35.9 Å². The van der Waals surface area contributed by atoms with Crippen molar-refractivity contribution in [2.75, 3.05) is 20.4 Å². The number of hydrogen-bond donors (Lipinski definition) is 0. The summed E-state index contributed by atoms with van der Waals surface area (Å²) in [4.78, 5) is 27.3. The zero-order chi connectivity index (χ0) is 28.5. The van der Waals surface area contributed by atoms with Crippen LogP contribution >= 0.6 is 0 Å². The lowest BCUT2D eigenvalue weighted by molar-refractivity contribution is -0.0347. The molecule has 0 spiro atoms. The SMILES string of the molecule is Cc1ccc2c(=O)oc(C(=O)N(C)Cc3cc(C(F)(F)CF)cc(C(F)(F)CF)c3)c(-c3ccccc3)c2c1.